The second-order valence-electron chi connectivity index (χ2n) is 5.78. The Balaban J connectivity index is 2.26. The normalized spacial score (nSPS) is 10.9. The maximum Gasteiger partial charge on any atom is 0.342 e. The van der Waals surface area contributed by atoms with E-state index >= 15 is 0 Å². The van der Waals surface area contributed by atoms with Gasteiger partial charge in [-0.1, -0.05) is 23.7 Å². The molecule has 10 heteroatoms. The smallest absolute Gasteiger partial charge is 0.342 e. The Morgan fingerprint density at radius 2 is 1.72 bits per heavy atom. The minimum Gasteiger partial charge on any atom is -0.494 e. The zero-order valence-corrected chi connectivity index (χ0v) is 16.7. The number of amides is 1. The highest BCUT2D eigenvalue weighted by molar-refractivity contribution is 6.30. The van der Waals surface area contributed by atoms with Crippen LogP contribution < -0.4 is 0 Å². The van der Waals surface area contributed by atoms with Crippen LogP contribution in [0.5, 0.6) is 5.88 Å². The van der Waals surface area contributed by atoms with Crippen LogP contribution in [-0.4, -0.2) is 41.2 Å². The predicted molar refractivity (Wildman–Crippen MR) is 103 cm³/mol. The number of rotatable bonds is 8. The number of esters is 2. The summed E-state index contributed by atoms with van der Waals surface area (Å²) in [6.07, 6.45) is -0.406. The molecule has 0 saturated carbocycles. The standard InChI is InChI=1S/C19H20ClN3O6/c1-3-28-15(25)10-13-16(19(27)29-4-2)17(21-18(13)26)23-22-14(24)9-11-5-7-12(20)8-6-11/h5-8,21,26H,3-4,9-10H2,1-2H3. The molecular weight excluding hydrogens is 402 g/mol. The lowest BCUT2D eigenvalue weighted by atomic mass is 10.1. The number of carbonyl (C=O) groups excluding carboxylic acids is 3. The summed E-state index contributed by atoms with van der Waals surface area (Å²) < 4.78 is 9.80. The van der Waals surface area contributed by atoms with E-state index in [0.29, 0.717) is 10.6 Å². The summed E-state index contributed by atoms with van der Waals surface area (Å²) in [7, 11) is 0. The van der Waals surface area contributed by atoms with Crippen molar-refractivity contribution in [3.05, 3.63) is 46.0 Å². The van der Waals surface area contributed by atoms with Crippen molar-refractivity contribution in [2.24, 2.45) is 10.2 Å². The van der Waals surface area contributed by atoms with Crippen LogP contribution in [-0.2, 0) is 31.9 Å². The van der Waals surface area contributed by atoms with Crippen LogP contribution in [0, 0.1) is 0 Å². The number of carbonyl (C=O) groups is 3. The highest BCUT2D eigenvalue weighted by atomic mass is 35.5. The second-order valence-corrected chi connectivity index (χ2v) is 6.21. The monoisotopic (exact) mass is 421 g/mol. The third kappa shape index (κ3) is 6.15. The van der Waals surface area contributed by atoms with Gasteiger partial charge in [0.2, 0.25) is 0 Å². The summed E-state index contributed by atoms with van der Waals surface area (Å²) in [5.74, 6) is -2.69. The number of aromatic hydroxyl groups is 1. The molecule has 1 heterocycles. The minimum atomic E-state index is -0.817. The van der Waals surface area contributed by atoms with Crippen molar-refractivity contribution < 1.29 is 29.0 Å². The molecule has 0 spiro atoms. The topological polar surface area (TPSA) is 130 Å². The largest absolute Gasteiger partial charge is 0.494 e. The van der Waals surface area contributed by atoms with Gasteiger partial charge in [-0.15, -0.1) is 10.2 Å². The average molecular weight is 422 g/mol. The summed E-state index contributed by atoms with van der Waals surface area (Å²) >= 11 is 5.80. The molecule has 2 N–H and O–H groups in total. The van der Waals surface area contributed by atoms with E-state index in [1.54, 1.807) is 38.1 Å². The Hall–Kier alpha value is -3.20. The van der Waals surface area contributed by atoms with Gasteiger partial charge in [-0.25, -0.2) is 4.79 Å². The molecule has 0 aliphatic carbocycles. The highest BCUT2D eigenvalue weighted by Crippen LogP contribution is 2.32. The zero-order chi connectivity index (χ0) is 21.4. The van der Waals surface area contributed by atoms with Crippen LogP contribution in [0.25, 0.3) is 0 Å². The van der Waals surface area contributed by atoms with Gasteiger partial charge in [0.15, 0.2) is 11.7 Å². The molecular formula is C19H20ClN3O6. The van der Waals surface area contributed by atoms with Crippen molar-refractivity contribution in [2.75, 3.05) is 13.2 Å². The summed E-state index contributed by atoms with van der Waals surface area (Å²) in [4.78, 5) is 38.6. The van der Waals surface area contributed by atoms with Gasteiger partial charge in [0.25, 0.3) is 5.91 Å². The Bertz CT molecular complexity index is 921. The highest BCUT2D eigenvalue weighted by Gasteiger charge is 2.27. The first-order chi connectivity index (χ1) is 13.8. The van der Waals surface area contributed by atoms with Gasteiger partial charge in [0, 0.05) is 10.6 Å². The maximum atomic E-state index is 12.3. The molecule has 1 aromatic carbocycles. The van der Waals surface area contributed by atoms with Crippen LogP contribution in [0.2, 0.25) is 5.02 Å². The van der Waals surface area contributed by atoms with Crippen LogP contribution in [0.1, 0.15) is 35.3 Å². The molecule has 0 saturated heterocycles. The van der Waals surface area contributed by atoms with E-state index in [4.69, 9.17) is 21.1 Å². The van der Waals surface area contributed by atoms with Crippen LogP contribution in [0.3, 0.4) is 0 Å². The van der Waals surface area contributed by atoms with Gasteiger partial charge in [0.1, 0.15) is 5.56 Å². The van der Waals surface area contributed by atoms with Gasteiger partial charge in [-0.05, 0) is 31.5 Å². The van der Waals surface area contributed by atoms with Crippen molar-refractivity contribution in [1.82, 2.24) is 4.98 Å². The summed E-state index contributed by atoms with van der Waals surface area (Å²) in [5, 5.41) is 18.0. The molecule has 0 aliphatic rings. The van der Waals surface area contributed by atoms with E-state index in [2.05, 4.69) is 15.2 Å². The summed E-state index contributed by atoms with van der Waals surface area (Å²) in [6.45, 7) is 3.44. The number of nitrogens with zero attached hydrogens (tertiary/aromatic N) is 2. The molecule has 154 valence electrons. The number of nitrogens with one attached hydrogen (secondary N) is 1. The molecule has 0 unspecified atom stereocenters. The average Bonchev–Trinajstić information content (AvgIpc) is 2.98. The quantitative estimate of drug-likeness (QED) is 0.495. The van der Waals surface area contributed by atoms with E-state index in [1.165, 1.54) is 0 Å². The van der Waals surface area contributed by atoms with Crippen molar-refractivity contribution in [1.29, 1.82) is 0 Å². The van der Waals surface area contributed by atoms with Gasteiger partial charge in [-0.3, -0.25) is 9.59 Å². The fourth-order valence-electron chi connectivity index (χ4n) is 2.46. The molecule has 29 heavy (non-hydrogen) atoms. The molecule has 0 radical (unpaired) electrons. The number of H-pyrrole nitrogens is 1. The Morgan fingerprint density at radius 3 is 2.34 bits per heavy atom. The molecule has 9 nitrogen and oxygen atoms in total. The molecule has 0 fully saturated rings. The Labute approximate surface area is 171 Å². The second kappa shape index (κ2) is 10.4. The van der Waals surface area contributed by atoms with Crippen molar-refractivity contribution >= 4 is 35.3 Å². The molecule has 0 atom stereocenters. The lowest BCUT2D eigenvalue weighted by Crippen LogP contribution is -2.12. The molecule has 2 aromatic rings. The van der Waals surface area contributed by atoms with E-state index in [9.17, 15) is 19.5 Å². The summed E-state index contributed by atoms with van der Waals surface area (Å²) in [6, 6.07) is 6.64. The Morgan fingerprint density at radius 1 is 1.07 bits per heavy atom. The maximum absolute atomic E-state index is 12.3. The number of azo groups is 1. The Kier molecular flexibility index (Phi) is 7.90. The number of aromatic nitrogens is 1. The van der Waals surface area contributed by atoms with E-state index in [0.717, 1.165) is 0 Å². The van der Waals surface area contributed by atoms with Crippen molar-refractivity contribution in [3.63, 3.8) is 0 Å². The molecule has 0 bridgehead atoms. The minimum absolute atomic E-state index is 0.0300. The third-order valence-corrected chi connectivity index (χ3v) is 3.95. The van der Waals surface area contributed by atoms with Crippen LogP contribution in [0.15, 0.2) is 34.5 Å². The van der Waals surface area contributed by atoms with Crippen molar-refractivity contribution in [3.8, 4) is 5.88 Å². The zero-order valence-electron chi connectivity index (χ0n) is 15.9. The van der Waals surface area contributed by atoms with Crippen LogP contribution >= 0.6 is 11.6 Å². The first-order valence-corrected chi connectivity index (χ1v) is 9.19. The SMILES string of the molecule is CCOC(=O)Cc1c(O)[nH]c(N=NC(=O)Cc2ccc(Cl)cc2)c1C(=O)OCC. The fraction of sp³-hybridized carbons (Fsp3) is 0.316. The molecule has 1 aromatic heterocycles. The third-order valence-electron chi connectivity index (χ3n) is 3.70. The number of ether oxygens (including phenoxy) is 2. The van der Waals surface area contributed by atoms with E-state index < -0.39 is 23.7 Å². The molecule has 0 aliphatic heterocycles. The lowest BCUT2D eigenvalue weighted by molar-refractivity contribution is -0.142. The first-order valence-electron chi connectivity index (χ1n) is 8.81. The van der Waals surface area contributed by atoms with Crippen LogP contribution in [0.4, 0.5) is 5.82 Å². The molecule has 1 amide bonds. The summed E-state index contributed by atoms with van der Waals surface area (Å²) in [5.41, 5.74) is 0.461. The number of aromatic amines is 1. The van der Waals surface area contributed by atoms with E-state index in [1.807, 2.05) is 0 Å². The van der Waals surface area contributed by atoms with Gasteiger partial charge < -0.3 is 19.6 Å². The van der Waals surface area contributed by atoms with Crippen molar-refractivity contribution in [2.45, 2.75) is 26.7 Å². The first kappa shape index (κ1) is 22.1. The predicted octanol–water partition coefficient (Wildman–Crippen LogP) is 3.51. The van der Waals surface area contributed by atoms with Gasteiger partial charge in [0.05, 0.1) is 26.1 Å². The number of benzene rings is 1. The number of hydrogen-bond donors (Lipinski definition) is 2. The number of hydrogen-bond acceptors (Lipinski definition) is 7. The lowest BCUT2D eigenvalue weighted by Gasteiger charge is -2.05. The van der Waals surface area contributed by atoms with Gasteiger partial charge >= 0.3 is 11.9 Å². The fourth-order valence-corrected chi connectivity index (χ4v) is 2.58. The van der Waals surface area contributed by atoms with Gasteiger partial charge in [-0.2, -0.15) is 0 Å². The molecule has 2 rings (SSSR count). The number of halogens is 1. The van der Waals surface area contributed by atoms with E-state index in [-0.39, 0.29) is 43.0 Å².